The van der Waals surface area contributed by atoms with E-state index in [1.165, 1.54) is 23.6 Å². The molecule has 0 saturated carbocycles. The van der Waals surface area contributed by atoms with Crippen LogP contribution in [0.1, 0.15) is 66.7 Å². The first-order valence-corrected chi connectivity index (χ1v) is 23.2. The fourth-order valence-corrected chi connectivity index (χ4v) is 9.43. The molecule has 0 fully saturated rings. The van der Waals surface area contributed by atoms with Crippen molar-refractivity contribution in [3.05, 3.63) is 178 Å². The number of carbonyl (C=O) groups excluding carboxylic acids is 4. The van der Waals surface area contributed by atoms with Gasteiger partial charge in [0.1, 0.15) is 29.5 Å². The molecule has 4 aliphatic rings. The molecule has 4 aliphatic heterocycles. The molecule has 6 aromatic rings. The first kappa shape index (κ1) is 48.8. The first-order valence-electron chi connectivity index (χ1n) is 22.4. The maximum atomic E-state index is 13.5. The van der Waals surface area contributed by atoms with E-state index in [-0.39, 0.29) is 47.6 Å². The number of halogens is 1. The van der Waals surface area contributed by atoms with E-state index in [1.807, 2.05) is 121 Å². The zero-order valence-electron chi connectivity index (χ0n) is 38.9. The number of rotatable bonds is 7. The molecule has 15 nitrogen and oxygen atoms in total. The smallest absolute Gasteiger partial charge is 0.485 e. The summed E-state index contributed by atoms with van der Waals surface area (Å²) >= 11 is 3.47. The number of hydrogen-bond donors (Lipinski definition) is 5. The normalized spacial score (nSPS) is 20.6. The van der Waals surface area contributed by atoms with Gasteiger partial charge in [0.05, 0.1) is 0 Å². The van der Waals surface area contributed by atoms with Crippen LogP contribution in [0.25, 0.3) is 11.1 Å². The van der Waals surface area contributed by atoms with Gasteiger partial charge in [-0.2, -0.15) is 0 Å². The lowest BCUT2D eigenvalue weighted by Crippen LogP contribution is -2.43. The van der Waals surface area contributed by atoms with Crippen LogP contribution >= 0.6 is 15.9 Å². The monoisotopic (exact) mass is 1000 g/mol. The van der Waals surface area contributed by atoms with Crippen LogP contribution in [-0.2, 0) is 36.7 Å². The summed E-state index contributed by atoms with van der Waals surface area (Å²) in [6.07, 6.45) is 0.514. The number of fused-ring (bicyclic) bond motifs is 4. The number of amides is 3. The predicted octanol–water partition coefficient (Wildman–Crippen LogP) is 6.27. The highest BCUT2D eigenvalue weighted by atomic mass is 79.9. The molecule has 17 heteroatoms. The molecule has 0 aliphatic carbocycles. The van der Waals surface area contributed by atoms with Gasteiger partial charge < -0.3 is 36.3 Å². The highest BCUT2D eigenvalue weighted by molar-refractivity contribution is 9.10. The van der Waals surface area contributed by atoms with E-state index in [0.29, 0.717) is 47.5 Å². The van der Waals surface area contributed by atoms with Gasteiger partial charge in [-0.25, -0.2) is 9.98 Å². The van der Waals surface area contributed by atoms with Crippen molar-refractivity contribution in [2.24, 2.45) is 21.5 Å². The van der Waals surface area contributed by atoms with E-state index >= 15 is 0 Å². The highest BCUT2D eigenvalue weighted by Crippen LogP contribution is 2.52. The number of nitrogens with two attached hydrogens (primary N) is 2. The number of aliphatic imine (C=N–C) groups is 2. The second kappa shape index (κ2) is 20.2. The Labute approximate surface area is 414 Å². The van der Waals surface area contributed by atoms with Crippen molar-refractivity contribution in [2.75, 3.05) is 19.4 Å². The lowest BCUT2D eigenvalue weighted by Gasteiger charge is -2.37. The van der Waals surface area contributed by atoms with Crippen molar-refractivity contribution >= 4 is 69.6 Å². The molecule has 0 aromatic heterocycles. The van der Waals surface area contributed by atoms with Gasteiger partial charge >= 0.3 is 7.12 Å². The molecule has 356 valence electrons. The summed E-state index contributed by atoms with van der Waals surface area (Å²) in [4.78, 5) is 60.8. The van der Waals surface area contributed by atoms with Gasteiger partial charge in [-0.1, -0.05) is 119 Å². The summed E-state index contributed by atoms with van der Waals surface area (Å²) in [7, 11) is 1.83. The standard InChI is InChI=1S/C26H24N4O3.C18H16BrN3O2.C9H11BO3/c1-16(31)28-20-10-6-9-18(13-20)19-11-12-22-21(14-19)26(24(32)30(2)25(27)29-26)15-23(33-22)17-7-4-3-5-8-17;1-22-16(23)18(21-17(22)20)10-15(11-5-3-2-4-6-11)24-14-8-7-12(19)9-13(14)18;1-7(11)5-8-3-2-4-9(6-8)10(12)13/h3-14,23H,15H2,1-2H3,(H2,27,29)(H,28,31);2-9,15H,10H2,1H3,(H2,20,21);2-4,6,12-13H,5H2,1H3. The molecule has 0 radical (unpaired) electrons. The summed E-state index contributed by atoms with van der Waals surface area (Å²) < 4.78 is 13.4. The minimum atomic E-state index is -1.47. The number of hydrogen-bond acceptors (Lipinski definition) is 12. The Bertz CT molecular complexity index is 3050. The number of guanidine groups is 2. The molecule has 70 heavy (non-hydrogen) atoms. The zero-order chi connectivity index (χ0) is 49.9. The molecule has 2 spiro atoms. The van der Waals surface area contributed by atoms with Gasteiger partial charge in [0.15, 0.2) is 23.0 Å². The van der Waals surface area contributed by atoms with Crippen LogP contribution in [-0.4, -0.2) is 76.5 Å². The Hall–Kier alpha value is -7.60. The average molecular weight is 1000 g/mol. The highest BCUT2D eigenvalue weighted by Gasteiger charge is 2.55. The van der Waals surface area contributed by atoms with E-state index in [4.69, 9.17) is 31.0 Å². The first-order chi connectivity index (χ1) is 33.5. The summed E-state index contributed by atoms with van der Waals surface area (Å²) in [6.45, 7) is 2.97. The summed E-state index contributed by atoms with van der Waals surface area (Å²) in [6, 6.07) is 45.4. The minimum absolute atomic E-state index is 0.0598. The van der Waals surface area contributed by atoms with E-state index in [1.54, 1.807) is 38.4 Å². The Morgan fingerprint density at radius 2 is 1.20 bits per heavy atom. The Morgan fingerprint density at radius 3 is 1.70 bits per heavy atom. The second-order valence-corrected chi connectivity index (χ2v) is 18.4. The van der Waals surface area contributed by atoms with Crippen LogP contribution in [0.4, 0.5) is 5.69 Å². The molecule has 4 atom stereocenters. The van der Waals surface area contributed by atoms with Crippen LogP contribution in [0, 0.1) is 0 Å². The fraction of sp³-hybridized carbons (Fsp3) is 0.208. The number of Topliss-reactive ketones (excluding diaryl/α,β-unsaturated/α-hetero) is 1. The van der Waals surface area contributed by atoms with Crippen molar-refractivity contribution in [2.45, 2.75) is 56.4 Å². The van der Waals surface area contributed by atoms with Crippen molar-refractivity contribution in [1.29, 1.82) is 0 Å². The van der Waals surface area contributed by atoms with E-state index in [2.05, 4.69) is 31.2 Å². The maximum absolute atomic E-state index is 13.5. The predicted molar refractivity (Wildman–Crippen MR) is 272 cm³/mol. The van der Waals surface area contributed by atoms with E-state index < -0.39 is 18.2 Å². The van der Waals surface area contributed by atoms with Crippen molar-refractivity contribution in [3.63, 3.8) is 0 Å². The van der Waals surface area contributed by atoms with Gasteiger partial charge in [-0.15, -0.1) is 0 Å². The van der Waals surface area contributed by atoms with Gasteiger partial charge in [-0.05, 0) is 82.7 Å². The van der Waals surface area contributed by atoms with Crippen LogP contribution in [0.5, 0.6) is 11.5 Å². The Kier molecular flexibility index (Phi) is 14.1. The number of nitrogens with one attached hydrogen (secondary N) is 1. The van der Waals surface area contributed by atoms with Crippen molar-refractivity contribution < 1.29 is 38.7 Å². The fourth-order valence-electron chi connectivity index (χ4n) is 9.06. The third-order valence-corrected chi connectivity index (χ3v) is 13.0. The number of benzene rings is 6. The molecule has 4 heterocycles. The number of ketones is 1. The number of likely N-dealkylation sites (N-methyl/N-ethyl adjacent to an activating group) is 2. The number of anilines is 1. The molecule has 7 N–H and O–H groups in total. The van der Waals surface area contributed by atoms with E-state index in [9.17, 15) is 19.2 Å². The zero-order valence-corrected chi connectivity index (χ0v) is 40.5. The lowest BCUT2D eigenvalue weighted by atomic mass is 9.79. The Morgan fingerprint density at radius 1 is 0.686 bits per heavy atom. The number of nitrogens with zero attached hydrogens (tertiary/aromatic N) is 4. The second-order valence-electron chi connectivity index (χ2n) is 17.4. The molecule has 3 amide bonds. The summed E-state index contributed by atoms with van der Waals surface area (Å²) in [5, 5.41) is 20.5. The summed E-state index contributed by atoms with van der Waals surface area (Å²) in [5.41, 5.74) is 17.0. The average Bonchev–Trinajstić information content (AvgIpc) is 3.69. The number of carbonyl (C=O) groups is 4. The van der Waals surface area contributed by atoms with Crippen LogP contribution in [0.3, 0.4) is 0 Å². The minimum Gasteiger partial charge on any atom is -0.485 e. The molecule has 0 saturated heterocycles. The Balaban J connectivity index is 0.000000155. The van der Waals surface area contributed by atoms with Crippen molar-refractivity contribution in [3.8, 4) is 22.6 Å². The van der Waals surface area contributed by atoms with Gasteiger partial charge in [0, 0.05) is 61.6 Å². The lowest BCUT2D eigenvalue weighted by molar-refractivity contribution is -0.133. The molecular formula is C53H51BBrN7O8. The molecular weight excluding hydrogens is 953 g/mol. The topological polar surface area (TPSA) is 222 Å². The van der Waals surface area contributed by atoms with Gasteiger partial charge in [0.25, 0.3) is 11.8 Å². The third kappa shape index (κ3) is 9.95. The van der Waals surface area contributed by atoms with Crippen molar-refractivity contribution in [1.82, 2.24) is 9.80 Å². The largest absolute Gasteiger partial charge is 0.488 e. The summed E-state index contributed by atoms with van der Waals surface area (Å²) in [5.74, 6) is 1.33. The molecule has 6 aromatic carbocycles. The van der Waals surface area contributed by atoms with Gasteiger partial charge in [-0.3, -0.25) is 29.0 Å². The molecule has 4 unspecified atom stereocenters. The van der Waals surface area contributed by atoms with Gasteiger partial charge in [0.2, 0.25) is 5.91 Å². The maximum Gasteiger partial charge on any atom is 0.488 e. The van der Waals surface area contributed by atoms with Crippen LogP contribution in [0.2, 0.25) is 0 Å². The molecule has 10 rings (SSSR count). The quantitative estimate of drug-likeness (QED) is 0.113. The SMILES string of the molecule is CC(=O)Cc1cccc(B(O)O)c1.CC(=O)Nc1cccc(-c2ccc3c(c2)C2(CC(c4ccccc4)O3)N=C(N)N(C)C2=O)c1.CN1C(=O)C2(CC(c3ccccc3)Oc3ccc(Br)cc32)N=C1N. The van der Waals surface area contributed by atoms with Crippen LogP contribution < -0.4 is 31.7 Å². The van der Waals surface area contributed by atoms with E-state index in [0.717, 1.165) is 37.9 Å². The molecule has 0 bridgehead atoms. The van der Waals surface area contributed by atoms with Crippen LogP contribution in [0.15, 0.2) is 160 Å². The third-order valence-electron chi connectivity index (χ3n) is 12.5. The number of ether oxygens (including phenoxy) is 2.